The zero-order chi connectivity index (χ0) is 13.9. The number of benzene rings is 2. The Hall–Kier alpha value is -2.60. The van der Waals surface area contributed by atoms with Gasteiger partial charge in [-0.05, 0) is 36.5 Å². The first-order valence-corrected chi connectivity index (χ1v) is 6.38. The van der Waals surface area contributed by atoms with Crippen molar-refractivity contribution >= 4 is 34.3 Å². The summed E-state index contributed by atoms with van der Waals surface area (Å²) in [6.45, 7) is 0. The van der Waals surface area contributed by atoms with Crippen molar-refractivity contribution in [2.24, 2.45) is 0 Å². The fourth-order valence-electron chi connectivity index (χ4n) is 1.83. The third-order valence-corrected chi connectivity index (χ3v) is 3.08. The van der Waals surface area contributed by atoms with Gasteiger partial charge in [-0.2, -0.15) is 4.68 Å². The Morgan fingerprint density at radius 2 is 1.75 bits per heavy atom. The van der Waals surface area contributed by atoms with Crippen molar-refractivity contribution in [3.8, 4) is 0 Å². The molecule has 0 saturated heterocycles. The lowest BCUT2D eigenvalue weighted by Gasteiger charge is -2.06. The van der Waals surface area contributed by atoms with E-state index in [1.165, 1.54) is 4.68 Å². The number of amides is 1. The smallest absolute Gasteiger partial charge is 0.257 e. The van der Waals surface area contributed by atoms with Gasteiger partial charge in [0, 0.05) is 5.56 Å². The Bertz CT molecular complexity index is 782. The average Bonchev–Trinajstić information content (AvgIpc) is 2.92. The highest BCUT2D eigenvalue weighted by molar-refractivity contribution is 7.80. The quantitative estimate of drug-likeness (QED) is 0.693. The number of carbonyl (C=O) groups excluding carboxylic acids is 1. The van der Waals surface area contributed by atoms with Gasteiger partial charge in [-0.25, -0.2) is 0 Å². The van der Waals surface area contributed by atoms with E-state index in [2.05, 4.69) is 15.6 Å². The number of thiocarbonyl (C=S) groups is 1. The first-order chi connectivity index (χ1) is 9.75. The van der Waals surface area contributed by atoms with Gasteiger partial charge >= 0.3 is 0 Å². The molecular weight excluding hydrogens is 272 g/mol. The second kappa shape index (κ2) is 5.18. The first-order valence-electron chi connectivity index (χ1n) is 5.97. The third-order valence-electron chi connectivity index (χ3n) is 2.80. The molecule has 1 N–H and O–H groups in total. The Labute approximate surface area is 120 Å². The predicted octanol–water partition coefficient (Wildman–Crippen LogP) is 1.99. The molecule has 1 aromatic heterocycles. The molecule has 0 fully saturated rings. The summed E-state index contributed by atoms with van der Waals surface area (Å²) in [5.41, 5.74) is 2.02. The van der Waals surface area contributed by atoms with Crippen LogP contribution in [-0.2, 0) is 0 Å². The Balaban J connectivity index is 1.85. The van der Waals surface area contributed by atoms with Gasteiger partial charge in [-0.15, -0.1) is 5.10 Å². The largest absolute Gasteiger partial charge is 0.297 e. The number of para-hydroxylation sites is 1. The fourth-order valence-corrected chi connectivity index (χ4v) is 2.06. The molecule has 3 aromatic rings. The van der Waals surface area contributed by atoms with Crippen molar-refractivity contribution in [1.82, 2.24) is 20.3 Å². The van der Waals surface area contributed by atoms with E-state index in [0.717, 1.165) is 11.0 Å². The van der Waals surface area contributed by atoms with Crippen molar-refractivity contribution in [2.45, 2.75) is 0 Å². The lowest BCUT2D eigenvalue weighted by molar-refractivity contribution is 0.0976. The molecule has 0 spiro atoms. The van der Waals surface area contributed by atoms with Gasteiger partial charge in [0.2, 0.25) is 5.11 Å². The summed E-state index contributed by atoms with van der Waals surface area (Å²) >= 11 is 5.21. The fraction of sp³-hybridized carbons (Fsp3) is 0. The highest BCUT2D eigenvalue weighted by Crippen LogP contribution is 2.09. The summed E-state index contributed by atoms with van der Waals surface area (Å²) < 4.78 is 1.44. The molecule has 0 aliphatic rings. The molecule has 0 bridgehead atoms. The predicted molar refractivity (Wildman–Crippen MR) is 79.4 cm³/mol. The number of nitrogens with one attached hydrogen (secondary N) is 1. The van der Waals surface area contributed by atoms with Crippen LogP contribution in [0.15, 0.2) is 54.6 Å². The molecule has 2 aromatic carbocycles. The molecule has 0 radical (unpaired) electrons. The van der Waals surface area contributed by atoms with Gasteiger partial charge in [0.15, 0.2) is 0 Å². The second-order valence-electron chi connectivity index (χ2n) is 4.12. The highest BCUT2D eigenvalue weighted by Gasteiger charge is 2.12. The van der Waals surface area contributed by atoms with Crippen LogP contribution in [0.4, 0.5) is 0 Å². The maximum atomic E-state index is 12.0. The van der Waals surface area contributed by atoms with E-state index in [4.69, 9.17) is 12.2 Å². The minimum atomic E-state index is -0.268. The van der Waals surface area contributed by atoms with E-state index in [1.807, 2.05) is 30.3 Å². The molecule has 0 atom stereocenters. The molecular formula is C14H10N4OS. The standard InChI is InChI=1S/C14H10N4OS/c19-13(10-6-2-1-3-7-10)15-14(20)18-12-9-5-4-8-11(12)16-17-18/h1-9H,(H,15,19,20). The Morgan fingerprint density at radius 3 is 2.55 bits per heavy atom. The van der Waals surface area contributed by atoms with Crippen LogP contribution in [0.2, 0.25) is 0 Å². The van der Waals surface area contributed by atoms with E-state index in [1.54, 1.807) is 24.3 Å². The minimum Gasteiger partial charge on any atom is -0.297 e. The normalized spacial score (nSPS) is 10.4. The average molecular weight is 282 g/mol. The van der Waals surface area contributed by atoms with Crippen molar-refractivity contribution in [1.29, 1.82) is 0 Å². The summed E-state index contributed by atoms with van der Waals surface area (Å²) in [7, 11) is 0. The van der Waals surface area contributed by atoms with Gasteiger partial charge in [-0.1, -0.05) is 35.5 Å². The van der Waals surface area contributed by atoms with E-state index in [-0.39, 0.29) is 11.0 Å². The van der Waals surface area contributed by atoms with Crippen molar-refractivity contribution in [3.05, 3.63) is 60.2 Å². The molecule has 1 amide bonds. The minimum absolute atomic E-state index is 0.201. The third kappa shape index (κ3) is 2.28. The summed E-state index contributed by atoms with van der Waals surface area (Å²) in [4.78, 5) is 12.0. The van der Waals surface area contributed by atoms with Gasteiger partial charge < -0.3 is 0 Å². The van der Waals surface area contributed by atoms with Crippen LogP contribution in [0.5, 0.6) is 0 Å². The van der Waals surface area contributed by atoms with Gasteiger partial charge in [0.05, 0.1) is 5.52 Å². The first kappa shape index (κ1) is 12.4. The summed E-state index contributed by atoms with van der Waals surface area (Å²) in [6.07, 6.45) is 0. The summed E-state index contributed by atoms with van der Waals surface area (Å²) in [5, 5.41) is 10.8. The topological polar surface area (TPSA) is 59.8 Å². The number of carbonyl (C=O) groups is 1. The van der Waals surface area contributed by atoms with Gasteiger partial charge in [-0.3, -0.25) is 10.1 Å². The molecule has 0 saturated carbocycles. The maximum absolute atomic E-state index is 12.0. The van der Waals surface area contributed by atoms with E-state index >= 15 is 0 Å². The molecule has 0 unspecified atom stereocenters. The van der Waals surface area contributed by atoms with Crippen LogP contribution in [0, 0.1) is 0 Å². The molecule has 98 valence electrons. The Kier molecular flexibility index (Phi) is 3.22. The molecule has 6 heteroatoms. The van der Waals surface area contributed by atoms with Gasteiger partial charge in [0.1, 0.15) is 5.52 Å². The molecule has 1 heterocycles. The molecule has 0 aliphatic carbocycles. The monoisotopic (exact) mass is 282 g/mol. The molecule has 5 nitrogen and oxygen atoms in total. The number of hydrogen-bond acceptors (Lipinski definition) is 4. The van der Waals surface area contributed by atoms with Crippen molar-refractivity contribution in [2.75, 3.05) is 0 Å². The molecule has 20 heavy (non-hydrogen) atoms. The zero-order valence-electron chi connectivity index (χ0n) is 10.4. The van der Waals surface area contributed by atoms with Crippen LogP contribution >= 0.6 is 12.2 Å². The number of rotatable bonds is 1. The van der Waals surface area contributed by atoms with E-state index < -0.39 is 0 Å². The zero-order valence-corrected chi connectivity index (χ0v) is 11.2. The summed E-state index contributed by atoms with van der Waals surface area (Å²) in [5.74, 6) is -0.268. The lowest BCUT2D eigenvalue weighted by atomic mass is 10.2. The summed E-state index contributed by atoms with van der Waals surface area (Å²) in [6, 6.07) is 16.3. The van der Waals surface area contributed by atoms with E-state index in [9.17, 15) is 4.79 Å². The van der Waals surface area contributed by atoms with Crippen molar-refractivity contribution < 1.29 is 4.79 Å². The number of aromatic nitrogens is 3. The number of fused-ring (bicyclic) bond motifs is 1. The lowest BCUT2D eigenvalue weighted by Crippen LogP contribution is -2.34. The second-order valence-corrected chi connectivity index (χ2v) is 4.50. The van der Waals surface area contributed by atoms with Crippen molar-refractivity contribution in [3.63, 3.8) is 0 Å². The molecule has 0 aliphatic heterocycles. The van der Waals surface area contributed by atoms with Crippen LogP contribution in [0.1, 0.15) is 10.4 Å². The van der Waals surface area contributed by atoms with Gasteiger partial charge in [0.25, 0.3) is 5.91 Å². The Morgan fingerprint density at radius 1 is 1.05 bits per heavy atom. The van der Waals surface area contributed by atoms with E-state index in [0.29, 0.717) is 5.56 Å². The highest BCUT2D eigenvalue weighted by atomic mass is 32.1. The van der Waals surface area contributed by atoms with Crippen LogP contribution in [-0.4, -0.2) is 26.0 Å². The maximum Gasteiger partial charge on any atom is 0.257 e. The molecule has 3 rings (SSSR count). The number of nitrogens with zero attached hydrogens (tertiary/aromatic N) is 3. The van der Waals surface area contributed by atoms with Crippen LogP contribution < -0.4 is 5.32 Å². The van der Waals surface area contributed by atoms with Crippen LogP contribution in [0.25, 0.3) is 11.0 Å². The van der Waals surface area contributed by atoms with Crippen LogP contribution in [0.3, 0.4) is 0 Å². The number of hydrogen-bond donors (Lipinski definition) is 1. The SMILES string of the molecule is O=C(NC(=S)n1nnc2ccccc21)c1ccccc1.